The smallest absolute Gasteiger partial charge is 0.324 e. The lowest BCUT2D eigenvalue weighted by Crippen LogP contribution is -2.38. The molecule has 21 heavy (non-hydrogen) atoms. The maximum absolute atomic E-state index is 11.5. The van der Waals surface area contributed by atoms with E-state index in [1.807, 2.05) is 0 Å². The molecule has 0 aromatic heterocycles. The summed E-state index contributed by atoms with van der Waals surface area (Å²) in [7, 11) is -9.89. The molecule has 0 aromatic rings. The number of piperidine rings is 1. The molecule has 0 aromatic carbocycles. The van der Waals surface area contributed by atoms with Crippen LogP contribution in [0.1, 0.15) is 32.6 Å². The van der Waals surface area contributed by atoms with Crippen LogP contribution in [0.25, 0.3) is 0 Å². The molecule has 0 bridgehead atoms. The fourth-order valence-electron chi connectivity index (χ4n) is 2.36. The minimum absolute atomic E-state index is 0. The van der Waals surface area contributed by atoms with Crippen LogP contribution in [0.15, 0.2) is 0 Å². The Kier molecular flexibility index (Phi) is 8.48. The van der Waals surface area contributed by atoms with Crippen LogP contribution in [-0.2, 0) is 9.13 Å². The van der Waals surface area contributed by atoms with Gasteiger partial charge in [0.15, 0.2) is 4.90 Å². The molecule has 4 N–H and O–H groups in total. The van der Waals surface area contributed by atoms with E-state index >= 15 is 0 Å². The zero-order valence-corrected chi connectivity index (χ0v) is 15.3. The van der Waals surface area contributed by atoms with Gasteiger partial charge in [0.25, 0.3) is 0 Å². The van der Waals surface area contributed by atoms with Gasteiger partial charge in [0.2, 0.25) is 0 Å². The van der Waals surface area contributed by atoms with Crippen molar-refractivity contribution in [3.8, 4) is 0 Å². The number of hydrogen-bond acceptors (Lipinski definition) is 4. The van der Waals surface area contributed by atoms with Crippen molar-refractivity contribution in [1.29, 1.82) is 0 Å². The van der Waals surface area contributed by atoms with Crippen molar-refractivity contribution >= 4 is 40.2 Å². The van der Waals surface area contributed by atoms with Gasteiger partial charge >= 0.3 is 15.2 Å². The van der Waals surface area contributed by atoms with Crippen molar-refractivity contribution in [2.45, 2.75) is 42.8 Å². The van der Waals surface area contributed by atoms with Gasteiger partial charge in [-0.2, -0.15) is 12.6 Å². The van der Waals surface area contributed by atoms with E-state index in [4.69, 9.17) is 0 Å². The van der Waals surface area contributed by atoms with Gasteiger partial charge in [-0.1, -0.05) is 6.42 Å². The summed E-state index contributed by atoms with van der Waals surface area (Å²) in [5.41, 5.74) is 0. The summed E-state index contributed by atoms with van der Waals surface area (Å²) in [5.74, 6) is 0. The third kappa shape index (κ3) is 5.79. The SMILES string of the molecule is CC(CC(S)CN1CCCCC1)(P(=O)(O)O)P(=O)(O)O.Cl. The van der Waals surface area contributed by atoms with Gasteiger partial charge in [0.1, 0.15) is 0 Å². The van der Waals surface area contributed by atoms with Gasteiger partial charge in [-0.3, -0.25) is 9.13 Å². The molecule has 1 aliphatic heterocycles. The van der Waals surface area contributed by atoms with Gasteiger partial charge in [0.05, 0.1) is 0 Å². The molecule has 1 saturated heterocycles. The predicted molar refractivity (Wildman–Crippen MR) is 87.4 cm³/mol. The third-order valence-corrected chi connectivity index (χ3v) is 8.58. The Morgan fingerprint density at radius 3 is 1.90 bits per heavy atom. The highest BCUT2D eigenvalue weighted by molar-refractivity contribution is 7.81. The van der Waals surface area contributed by atoms with Crippen LogP contribution in [0.5, 0.6) is 0 Å². The lowest BCUT2D eigenvalue weighted by atomic mass is 10.1. The fourth-order valence-corrected chi connectivity index (χ4v) is 5.52. The number of nitrogens with zero attached hydrogens (tertiary/aromatic N) is 1. The van der Waals surface area contributed by atoms with Gasteiger partial charge in [-0.25, -0.2) is 0 Å². The van der Waals surface area contributed by atoms with Crippen LogP contribution < -0.4 is 0 Å². The Morgan fingerprint density at radius 2 is 1.52 bits per heavy atom. The molecule has 0 aliphatic carbocycles. The second-order valence-electron chi connectivity index (χ2n) is 5.52. The molecule has 0 amide bonds. The monoisotopic (exact) mass is 383 g/mol. The Balaban J connectivity index is 0.00000400. The van der Waals surface area contributed by atoms with Crippen molar-refractivity contribution in [1.82, 2.24) is 4.90 Å². The first-order chi connectivity index (χ1) is 8.97. The van der Waals surface area contributed by atoms with E-state index in [0.717, 1.165) is 39.3 Å². The van der Waals surface area contributed by atoms with E-state index in [9.17, 15) is 28.7 Å². The molecule has 1 aliphatic rings. The zero-order valence-electron chi connectivity index (χ0n) is 11.8. The summed E-state index contributed by atoms with van der Waals surface area (Å²) in [6.07, 6.45) is 2.96. The van der Waals surface area contributed by atoms with Crippen LogP contribution in [0.2, 0.25) is 0 Å². The lowest BCUT2D eigenvalue weighted by molar-refractivity contribution is 0.224. The Labute approximate surface area is 136 Å². The third-order valence-electron chi connectivity index (χ3n) is 3.80. The van der Waals surface area contributed by atoms with Gasteiger partial charge in [-0.05, 0) is 39.3 Å². The van der Waals surface area contributed by atoms with Crippen molar-refractivity contribution < 1.29 is 28.7 Å². The Bertz CT molecular complexity index is 400. The fraction of sp³-hybridized carbons (Fsp3) is 1.00. The first-order valence-electron chi connectivity index (χ1n) is 6.49. The minimum Gasteiger partial charge on any atom is -0.324 e. The number of hydrogen-bond donors (Lipinski definition) is 5. The number of rotatable bonds is 6. The summed E-state index contributed by atoms with van der Waals surface area (Å²) in [5, 5.41) is -0.502. The second-order valence-corrected chi connectivity index (χ2v) is 10.8. The molecular formula is C10H24ClNO6P2S. The molecule has 0 spiro atoms. The van der Waals surface area contributed by atoms with E-state index < -0.39 is 25.3 Å². The normalized spacial score (nSPS) is 19.9. The largest absolute Gasteiger partial charge is 0.343 e. The number of thiol groups is 1. The van der Waals surface area contributed by atoms with Crippen molar-refractivity contribution in [2.75, 3.05) is 19.6 Å². The van der Waals surface area contributed by atoms with Gasteiger partial charge in [0, 0.05) is 11.8 Å². The molecule has 1 heterocycles. The van der Waals surface area contributed by atoms with Gasteiger partial charge < -0.3 is 24.5 Å². The van der Waals surface area contributed by atoms with E-state index in [2.05, 4.69) is 17.5 Å². The highest BCUT2D eigenvalue weighted by Gasteiger charge is 2.56. The van der Waals surface area contributed by atoms with Crippen LogP contribution in [0.4, 0.5) is 0 Å². The summed E-state index contributed by atoms with van der Waals surface area (Å²) in [4.78, 5) is 36.9. The van der Waals surface area contributed by atoms with Gasteiger partial charge in [-0.15, -0.1) is 12.4 Å². The summed E-state index contributed by atoms with van der Waals surface area (Å²) in [6, 6.07) is 0. The number of halogens is 1. The van der Waals surface area contributed by atoms with Crippen molar-refractivity contribution in [3.63, 3.8) is 0 Å². The zero-order chi connectivity index (χ0) is 15.6. The predicted octanol–water partition coefficient (Wildman–Crippen LogP) is 1.65. The first-order valence-corrected chi connectivity index (χ1v) is 10.2. The quantitative estimate of drug-likeness (QED) is 0.349. The molecule has 1 fully saturated rings. The van der Waals surface area contributed by atoms with Crippen LogP contribution >= 0.6 is 40.2 Å². The van der Waals surface area contributed by atoms with E-state index in [1.54, 1.807) is 0 Å². The standard InChI is InChI=1S/C10H23NO6P2S.ClH/c1-10(18(12,13)14,19(15,16)17)7-9(20)8-11-5-3-2-4-6-11;/h9,20H,2-8H2,1H3,(H2,12,13,14)(H2,15,16,17);1H. The highest BCUT2D eigenvalue weighted by Crippen LogP contribution is 2.70. The van der Waals surface area contributed by atoms with Crippen molar-refractivity contribution in [2.24, 2.45) is 0 Å². The molecule has 0 radical (unpaired) electrons. The molecule has 0 saturated carbocycles. The molecule has 11 heteroatoms. The maximum Gasteiger partial charge on any atom is 0.343 e. The topological polar surface area (TPSA) is 118 Å². The maximum atomic E-state index is 11.5. The van der Waals surface area contributed by atoms with E-state index in [-0.39, 0.29) is 18.8 Å². The second kappa shape index (κ2) is 8.13. The Morgan fingerprint density at radius 1 is 1.10 bits per heavy atom. The van der Waals surface area contributed by atoms with Crippen molar-refractivity contribution in [3.05, 3.63) is 0 Å². The Hall–Kier alpha value is 0.900. The first kappa shape index (κ1) is 21.9. The van der Waals surface area contributed by atoms with E-state index in [0.29, 0.717) is 6.54 Å². The molecule has 1 atom stereocenters. The summed E-state index contributed by atoms with van der Waals surface area (Å²) in [6.45, 7) is 3.19. The van der Waals surface area contributed by atoms with Crippen LogP contribution in [-0.4, -0.2) is 54.3 Å². The summed E-state index contributed by atoms with van der Waals surface area (Å²) < 4.78 is 23.0. The average molecular weight is 384 g/mol. The lowest BCUT2D eigenvalue weighted by Gasteiger charge is -2.35. The number of likely N-dealkylation sites (tertiary alicyclic amines) is 1. The molecule has 128 valence electrons. The molecular weight excluding hydrogens is 360 g/mol. The molecule has 1 unspecified atom stereocenters. The molecule has 1 rings (SSSR count). The summed E-state index contributed by atoms with van der Waals surface area (Å²) >= 11 is 4.27. The van der Waals surface area contributed by atoms with E-state index in [1.165, 1.54) is 0 Å². The van der Waals surface area contributed by atoms with Crippen LogP contribution in [0, 0.1) is 0 Å². The molecule has 7 nitrogen and oxygen atoms in total. The minimum atomic E-state index is -4.95. The average Bonchev–Trinajstić information content (AvgIpc) is 2.26. The van der Waals surface area contributed by atoms with Crippen LogP contribution in [0.3, 0.4) is 0 Å². The highest BCUT2D eigenvalue weighted by atomic mass is 35.5.